The third-order valence-electron chi connectivity index (χ3n) is 2.17. The molecule has 2 aromatic heterocycles. The van der Waals surface area contributed by atoms with Crippen LogP contribution < -0.4 is 5.32 Å². The van der Waals surface area contributed by atoms with Crippen molar-refractivity contribution in [1.29, 1.82) is 0 Å². The van der Waals surface area contributed by atoms with Gasteiger partial charge in [-0.3, -0.25) is 0 Å². The molecule has 0 aromatic carbocycles. The molecule has 2 aromatic rings. The highest BCUT2D eigenvalue weighted by Gasteiger charge is 2.07. The van der Waals surface area contributed by atoms with E-state index in [1.165, 1.54) is 0 Å². The van der Waals surface area contributed by atoms with E-state index in [1.54, 1.807) is 12.7 Å². The van der Waals surface area contributed by atoms with E-state index in [9.17, 15) is 0 Å². The van der Waals surface area contributed by atoms with E-state index in [0.29, 0.717) is 5.92 Å². The zero-order valence-electron chi connectivity index (χ0n) is 9.23. The first-order chi connectivity index (χ1) is 7.18. The molecular formula is C10H15N5. The van der Waals surface area contributed by atoms with Gasteiger partial charge in [-0.05, 0) is 5.92 Å². The number of aryl methyl sites for hydroxylation is 1. The Bertz CT molecular complexity index is 460. The van der Waals surface area contributed by atoms with E-state index in [2.05, 4.69) is 34.1 Å². The maximum atomic E-state index is 4.27. The van der Waals surface area contributed by atoms with Gasteiger partial charge in [-0.15, -0.1) is 0 Å². The van der Waals surface area contributed by atoms with Crippen molar-refractivity contribution in [2.45, 2.75) is 13.8 Å². The van der Waals surface area contributed by atoms with Gasteiger partial charge < -0.3 is 9.88 Å². The van der Waals surface area contributed by atoms with Crippen molar-refractivity contribution in [2.24, 2.45) is 13.0 Å². The zero-order chi connectivity index (χ0) is 10.8. The van der Waals surface area contributed by atoms with Crippen LogP contribution in [0.25, 0.3) is 11.2 Å². The van der Waals surface area contributed by atoms with Crippen LogP contribution in [0.2, 0.25) is 0 Å². The summed E-state index contributed by atoms with van der Waals surface area (Å²) in [6.45, 7) is 5.20. The molecule has 0 atom stereocenters. The topological polar surface area (TPSA) is 55.6 Å². The molecule has 0 aliphatic rings. The van der Waals surface area contributed by atoms with Gasteiger partial charge in [0, 0.05) is 13.6 Å². The van der Waals surface area contributed by atoms with Gasteiger partial charge in [-0.25, -0.2) is 15.0 Å². The Morgan fingerprint density at radius 2 is 2.13 bits per heavy atom. The van der Waals surface area contributed by atoms with E-state index in [-0.39, 0.29) is 0 Å². The molecule has 0 spiro atoms. The Labute approximate surface area is 88.6 Å². The summed E-state index contributed by atoms with van der Waals surface area (Å²) >= 11 is 0. The largest absolute Gasteiger partial charge is 0.368 e. The Morgan fingerprint density at radius 1 is 1.33 bits per heavy atom. The lowest BCUT2D eigenvalue weighted by molar-refractivity contribution is 0.687. The minimum atomic E-state index is 0.582. The number of anilines is 1. The summed E-state index contributed by atoms with van der Waals surface area (Å²) < 4.78 is 1.89. The van der Waals surface area contributed by atoms with E-state index >= 15 is 0 Å². The Morgan fingerprint density at radius 3 is 2.87 bits per heavy atom. The van der Waals surface area contributed by atoms with Gasteiger partial charge in [0.15, 0.2) is 11.5 Å². The fourth-order valence-electron chi connectivity index (χ4n) is 1.38. The zero-order valence-corrected chi connectivity index (χ0v) is 9.23. The van der Waals surface area contributed by atoms with Crippen molar-refractivity contribution < 1.29 is 0 Å². The molecule has 5 heteroatoms. The van der Waals surface area contributed by atoms with Crippen LogP contribution in [-0.2, 0) is 7.05 Å². The summed E-state index contributed by atoms with van der Waals surface area (Å²) in [7, 11) is 1.93. The molecule has 0 saturated carbocycles. The van der Waals surface area contributed by atoms with Crippen LogP contribution in [0.3, 0.4) is 0 Å². The molecule has 0 aliphatic heterocycles. The summed E-state index contributed by atoms with van der Waals surface area (Å²) in [6, 6.07) is 0. The number of nitrogens with zero attached hydrogens (tertiary/aromatic N) is 4. The standard InChI is InChI=1S/C10H15N5/c1-7(2)4-11-9-8-10(13-5-12-9)15(3)6-14-8/h5-7H,4H2,1-3H3,(H,11,12,13). The molecule has 15 heavy (non-hydrogen) atoms. The lowest BCUT2D eigenvalue weighted by Gasteiger charge is -2.07. The van der Waals surface area contributed by atoms with Crippen LogP contribution in [0, 0.1) is 5.92 Å². The molecule has 0 unspecified atom stereocenters. The minimum Gasteiger partial charge on any atom is -0.368 e. The predicted octanol–water partition coefficient (Wildman–Crippen LogP) is 1.43. The number of fused-ring (bicyclic) bond motifs is 1. The number of hydrogen-bond donors (Lipinski definition) is 1. The maximum absolute atomic E-state index is 4.27. The van der Waals surface area contributed by atoms with Crippen LogP contribution in [0.15, 0.2) is 12.7 Å². The van der Waals surface area contributed by atoms with Gasteiger partial charge in [0.1, 0.15) is 11.8 Å². The van der Waals surface area contributed by atoms with Gasteiger partial charge in [-0.1, -0.05) is 13.8 Å². The number of aromatic nitrogens is 4. The highest BCUT2D eigenvalue weighted by Crippen LogP contribution is 2.16. The molecule has 0 saturated heterocycles. The molecule has 2 heterocycles. The molecule has 0 amide bonds. The van der Waals surface area contributed by atoms with Crippen molar-refractivity contribution in [2.75, 3.05) is 11.9 Å². The normalized spacial score (nSPS) is 11.2. The number of hydrogen-bond acceptors (Lipinski definition) is 4. The van der Waals surface area contributed by atoms with Crippen molar-refractivity contribution in [3.8, 4) is 0 Å². The maximum Gasteiger partial charge on any atom is 0.165 e. The van der Waals surface area contributed by atoms with Crippen molar-refractivity contribution in [3.63, 3.8) is 0 Å². The molecule has 5 nitrogen and oxygen atoms in total. The number of imidazole rings is 1. The predicted molar refractivity (Wildman–Crippen MR) is 59.6 cm³/mol. The SMILES string of the molecule is CC(C)CNc1ncnc2c1ncn2C. The van der Waals surface area contributed by atoms with Crippen LogP contribution in [0.1, 0.15) is 13.8 Å². The van der Waals surface area contributed by atoms with Gasteiger partial charge >= 0.3 is 0 Å². The molecule has 0 radical (unpaired) electrons. The molecule has 0 fully saturated rings. The van der Waals surface area contributed by atoms with Crippen molar-refractivity contribution >= 4 is 17.0 Å². The quantitative estimate of drug-likeness (QED) is 0.823. The van der Waals surface area contributed by atoms with E-state index in [4.69, 9.17) is 0 Å². The fraction of sp³-hybridized carbons (Fsp3) is 0.500. The minimum absolute atomic E-state index is 0.582. The second-order valence-electron chi connectivity index (χ2n) is 4.02. The summed E-state index contributed by atoms with van der Waals surface area (Å²) in [4.78, 5) is 12.6. The molecular weight excluding hydrogens is 190 g/mol. The number of rotatable bonds is 3. The van der Waals surface area contributed by atoms with Crippen LogP contribution in [0.5, 0.6) is 0 Å². The average Bonchev–Trinajstić information content (AvgIpc) is 2.58. The third kappa shape index (κ3) is 1.91. The Kier molecular flexibility index (Phi) is 2.53. The highest BCUT2D eigenvalue weighted by molar-refractivity contribution is 5.82. The Hall–Kier alpha value is -1.65. The van der Waals surface area contributed by atoms with Gasteiger partial charge in [-0.2, -0.15) is 0 Å². The first-order valence-electron chi connectivity index (χ1n) is 5.04. The third-order valence-corrected chi connectivity index (χ3v) is 2.17. The van der Waals surface area contributed by atoms with Crippen LogP contribution in [0.4, 0.5) is 5.82 Å². The van der Waals surface area contributed by atoms with Crippen LogP contribution in [-0.4, -0.2) is 26.1 Å². The van der Waals surface area contributed by atoms with Gasteiger partial charge in [0.25, 0.3) is 0 Å². The van der Waals surface area contributed by atoms with E-state index in [0.717, 1.165) is 23.5 Å². The Balaban J connectivity index is 2.34. The fourth-order valence-corrected chi connectivity index (χ4v) is 1.38. The second-order valence-corrected chi connectivity index (χ2v) is 4.02. The smallest absolute Gasteiger partial charge is 0.165 e. The van der Waals surface area contributed by atoms with E-state index < -0.39 is 0 Å². The summed E-state index contributed by atoms with van der Waals surface area (Å²) in [5.74, 6) is 1.40. The number of nitrogens with one attached hydrogen (secondary N) is 1. The molecule has 1 N–H and O–H groups in total. The van der Waals surface area contributed by atoms with Gasteiger partial charge in [0.05, 0.1) is 6.33 Å². The summed E-state index contributed by atoms with van der Waals surface area (Å²) in [5, 5.41) is 3.27. The molecule has 0 bridgehead atoms. The van der Waals surface area contributed by atoms with Gasteiger partial charge in [0.2, 0.25) is 0 Å². The van der Waals surface area contributed by atoms with Crippen LogP contribution >= 0.6 is 0 Å². The molecule has 2 rings (SSSR count). The van der Waals surface area contributed by atoms with E-state index in [1.807, 2.05) is 11.6 Å². The molecule has 0 aliphatic carbocycles. The monoisotopic (exact) mass is 205 g/mol. The first-order valence-corrected chi connectivity index (χ1v) is 5.04. The summed E-state index contributed by atoms with van der Waals surface area (Å²) in [5.41, 5.74) is 1.69. The summed E-state index contributed by atoms with van der Waals surface area (Å²) in [6.07, 6.45) is 3.31. The lowest BCUT2D eigenvalue weighted by atomic mass is 10.2. The van der Waals surface area contributed by atoms with Crippen molar-refractivity contribution in [1.82, 2.24) is 19.5 Å². The second kappa shape index (κ2) is 3.84. The average molecular weight is 205 g/mol. The lowest BCUT2D eigenvalue weighted by Crippen LogP contribution is -2.09. The highest BCUT2D eigenvalue weighted by atomic mass is 15.1. The first kappa shape index (κ1) is 9.89. The molecule has 80 valence electrons. The van der Waals surface area contributed by atoms with Crippen molar-refractivity contribution in [3.05, 3.63) is 12.7 Å².